The number of carbonyl (C=O) groups excluding carboxylic acids is 1. The van der Waals surface area contributed by atoms with Crippen LogP contribution >= 0.6 is 0 Å². The standard InChI is InChI=1S/C8H8N2O5S/c11-8(5-9-12)10-6-1-3-7(4-2-6)16(13,14)15/h1-5,12H,(H,10,11)(H,13,14,15)/p-1/b9-5+. The Hall–Kier alpha value is -1.93. The molecule has 1 amide bonds. The van der Waals surface area contributed by atoms with Crippen LogP contribution in [0.4, 0.5) is 5.69 Å². The lowest BCUT2D eigenvalue weighted by molar-refractivity contribution is -0.110. The highest BCUT2D eigenvalue weighted by atomic mass is 32.2. The summed E-state index contributed by atoms with van der Waals surface area (Å²) < 4.78 is 31.7. The number of carbonyl (C=O) groups is 1. The minimum Gasteiger partial charge on any atom is -0.744 e. The van der Waals surface area contributed by atoms with Crippen LogP contribution in [0.25, 0.3) is 0 Å². The topological polar surface area (TPSA) is 119 Å². The van der Waals surface area contributed by atoms with Crippen molar-refractivity contribution in [2.75, 3.05) is 5.32 Å². The predicted octanol–water partition coefficient (Wildman–Crippen LogP) is -0.0108. The van der Waals surface area contributed by atoms with Gasteiger partial charge in [0, 0.05) is 5.69 Å². The van der Waals surface area contributed by atoms with Gasteiger partial charge < -0.3 is 15.1 Å². The lowest BCUT2D eigenvalue weighted by Crippen LogP contribution is -2.12. The van der Waals surface area contributed by atoms with Gasteiger partial charge in [0.15, 0.2) is 0 Å². The first-order chi connectivity index (χ1) is 7.43. The molecular formula is C8H7N2O5S-. The van der Waals surface area contributed by atoms with Crippen LogP contribution in [0.2, 0.25) is 0 Å². The largest absolute Gasteiger partial charge is 0.744 e. The van der Waals surface area contributed by atoms with Crippen LogP contribution in [0, 0.1) is 0 Å². The zero-order valence-corrected chi connectivity index (χ0v) is 8.64. The molecule has 8 heteroatoms. The second-order valence-corrected chi connectivity index (χ2v) is 4.09. The average molecular weight is 243 g/mol. The molecule has 0 heterocycles. The highest BCUT2D eigenvalue weighted by Gasteiger charge is 2.02. The minimum absolute atomic E-state index is 0.275. The van der Waals surface area contributed by atoms with Gasteiger partial charge in [-0.2, -0.15) is 0 Å². The molecule has 0 radical (unpaired) electrons. The van der Waals surface area contributed by atoms with Crippen molar-refractivity contribution in [3.63, 3.8) is 0 Å². The SMILES string of the molecule is O=C(/C=N/O)Nc1ccc(S(=O)(=O)[O-])cc1. The third kappa shape index (κ3) is 3.33. The first-order valence-electron chi connectivity index (χ1n) is 3.98. The third-order valence-electron chi connectivity index (χ3n) is 1.59. The van der Waals surface area contributed by atoms with Crippen LogP contribution in [0.5, 0.6) is 0 Å². The molecule has 0 aliphatic heterocycles. The molecule has 1 rings (SSSR count). The van der Waals surface area contributed by atoms with E-state index in [0.717, 1.165) is 12.1 Å². The van der Waals surface area contributed by atoms with E-state index in [1.807, 2.05) is 0 Å². The number of oxime groups is 1. The van der Waals surface area contributed by atoms with Gasteiger partial charge in [0.2, 0.25) is 0 Å². The van der Waals surface area contributed by atoms with E-state index in [0.29, 0.717) is 6.21 Å². The molecular weight excluding hydrogens is 236 g/mol. The number of nitrogens with one attached hydrogen (secondary N) is 1. The first kappa shape index (κ1) is 12.1. The van der Waals surface area contributed by atoms with Crippen molar-refractivity contribution < 1.29 is 23.0 Å². The van der Waals surface area contributed by atoms with Crippen molar-refractivity contribution in [2.45, 2.75) is 4.90 Å². The second-order valence-electron chi connectivity index (χ2n) is 2.71. The summed E-state index contributed by atoms with van der Waals surface area (Å²) in [5, 5.41) is 12.8. The maximum atomic E-state index is 10.9. The number of rotatable bonds is 3. The smallest absolute Gasteiger partial charge is 0.270 e. The summed E-state index contributed by atoms with van der Waals surface area (Å²) in [5.74, 6) is -0.680. The Balaban J connectivity index is 2.84. The average Bonchev–Trinajstić information content (AvgIpc) is 2.17. The summed E-state index contributed by atoms with van der Waals surface area (Å²) in [6.07, 6.45) is 0.637. The minimum atomic E-state index is -4.49. The van der Waals surface area contributed by atoms with E-state index in [1.165, 1.54) is 12.1 Å². The van der Waals surface area contributed by atoms with E-state index in [-0.39, 0.29) is 10.6 Å². The van der Waals surface area contributed by atoms with E-state index >= 15 is 0 Å². The first-order valence-corrected chi connectivity index (χ1v) is 5.38. The highest BCUT2D eigenvalue weighted by Crippen LogP contribution is 2.13. The lowest BCUT2D eigenvalue weighted by Gasteiger charge is -2.07. The van der Waals surface area contributed by atoms with Crippen molar-refractivity contribution in [2.24, 2.45) is 5.16 Å². The molecule has 0 saturated carbocycles. The Bertz CT molecular complexity index is 506. The summed E-state index contributed by atoms with van der Waals surface area (Å²) >= 11 is 0. The Morgan fingerprint density at radius 1 is 1.38 bits per heavy atom. The van der Waals surface area contributed by atoms with Crippen molar-refractivity contribution in [3.05, 3.63) is 24.3 Å². The zero-order chi connectivity index (χ0) is 12.2. The third-order valence-corrected chi connectivity index (χ3v) is 2.44. The number of anilines is 1. The van der Waals surface area contributed by atoms with Crippen LogP contribution in [-0.4, -0.2) is 30.3 Å². The maximum absolute atomic E-state index is 10.9. The molecule has 1 aromatic rings. The molecule has 0 spiro atoms. The van der Waals surface area contributed by atoms with Crippen LogP contribution < -0.4 is 5.32 Å². The molecule has 0 aliphatic carbocycles. The van der Waals surface area contributed by atoms with Gasteiger partial charge in [0.25, 0.3) is 5.91 Å². The highest BCUT2D eigenvalue weighted by molar-refractivity contribution is 7.85. The van der Waals surface area contributed by atoms with E-state index in [9.17, 15) is 17.8 Å². The van der Waals surface area contributed by atoms with Crippen molar-refractivity contribution in [3.8, 4) is 0 Å². The fraction of sp³-hybridized carbons (Fsp3) is 0. The molecule has 1 aromatic carbocycles. The van der Waals surface area contributed by atoms with Crippen LogP contribution in [-0.2, 0) is 14.9 Å². The zero-order valence-electron chi connectivity index (χ0n) is 7.82. The van der Waals surface area contributed by atoms with Crippen LogP contribution in [0.15, 0.2) is 34.3 Å². The molecule has 0 saturated heterocycles. The van der Waals surface area contributed by atoms with Crippen LogP contribution in [0.3, 0.4) is 0 Å². The van der Waals surface area contributed by atoms with Gasteiger partial charge in [0.05, 0.1) is 4.90 Å². The molecule has 0 atom stereocenters. The van der Waals surface area contributed by atoms with Crippen molar-refractivity contribution in [1.29, 1.82) is 0 Å². The van der Waals surface area contributed by atoms with Gasteiger partial charge in [-0.15, -0.1) is 0 Å². The summed E-state index contributed by atoms with van der Waals surface area (Å²) in [6.45, 7) is 0. The number of amides is 1. The van der Waals surface area contributed by atoms with Gasteiger partial charge in [0.1, 0.15) is 16.3 Å². The fourth-order valence-electron chi connectivity index (χ4n) is 0.932. The Labute approximate surface area is 91.1 Å². The number of benzene rings is 1. The van der Waals surface area contributed by atoms with Crippen molar-refractivity contribution in [1.82, 2.24) is 0 Å². The van der Waals surface area contributed by atoms with E-state index in [4.69, 9.17) is 5.21 Å². The molecule has 16 heavy (non-hydrogen) atoms. The molecule has 0 aromatic heterocycles. The van der Waals surface area contributed by atoms with E-state index in [1.54, 1.807) is 0 Å². The van der Waals surface area contributed by atoms with Crippen molar-refractivity contribution >= 4 is 27.9 Å². The second kappa shape index (κ2) is 4.73. The monoisotopic (exact) mass is 243 g/mol. The van der Waals surface area contributed by atoms with Gasteiger partial charge >= 0.3 is 0 Å². The molecule has 86 valence electrons. The maximum Gasteiger partial charge on any atom is 0.270 e. The molecule has 0 bridgehead atoms. The molecule has 0 aliphatic rings. The summed E-state index contributed by atoms with van der Waals surface area (Å²) in [4.78, 5) is 10.5. The van der Waals surface area contributed by atoms with E-state index in [2.05, 4.69) is 10.5 Å². The molecule has 7 nitrogen and oxygen atoms in total. The summed E-state index contributed by atoms with van der Waals surface area (Å²) in [7, 11) is -4.49. The Morgan fingerprint density at radius 2 is 1.94 bits per heavy atom. The fourth-order valence-corrected chi connectivity index (χ4v) is 1.40. The number of hydrogen-bond acceptors (Lipinski definition) is 6. The van der Waals surface area contributed by atoms with Gasteiger partial charge in [-0.05, 0) is 24.3 Å². The Kier molecular flexibility index (Phi) is 3.59. The lowest BCUT2D eigenvalue weighted by atomic mass is 10.3. The summed E-state index contributed by atoms with van der Waals surface area (Å²) in [6, 6.07) is 4.61. The summed E-state index contributed by atoms with van der Waals surface area (Å²) in [5.41, 5.74) is 0.275. The van der Waals surface area contributed by atoms with E-state index < -0.39 is 16.0 Å². The van der Waals surface area contributed by atoms with Gasteiger partial charge in [-0.3, -0.25) is 4.79 Å². The predicted molar refractivity (Wildman–Crippen MR) is 53.3 cm³/mol. The normalized spacial score (nSPS) is 11.6. The molecule has 0 unspecified atom stereocenters. The van der Waals surface area contributed by atoms with Gasteiger partial charge in [-0.1, -0.05) is 5.16 Å². The van der Waals surface area contributed by atoms with Gasteiger partial charge in [-0.25, -0.2) is 8.42 Å². The van der Waals surface area contributed by atoms with Crippen LogP contribution in [0.1, 0.15) is 0 Å². The molecule has 2 N–H and O–H groups in total. The molecule has 0 fully saturated rings. The number of nitrogens with zero attached hydrogens (tertiary/aromatic N) is 1. The number of hydrogen-bond donors (Lipinski definition) is 2. The Morgan fingerprint density at radius 3 is 2.38 bits per heavy atom. The quantitative estimate of drug-likeness (QED) is 0.335.